The Kier molecular flexibility index (Phi) is 4.84. The predicted octanol–water partition coefficient (Wildman–Crippen LogP) is 1.89. The maximum atomic E-state index is 11.9. The lowest BCUT2D eigenvalue weighted by molar-refractivity contribution is -0.00186. The molecule has 1 aliphatic carbocycles. The third kappa shape index (κ3) is 5.67. The molecule has 0 heterocycles. The summed E-state index contributed by atoms with van der Waals surface area (Å²) < 4.78 is 26.3. The van der Waals surface area contributed by atoms with Crippen LogP contribution < -0.4 is 4.72 Å². The van der Waals surface area contributed by atoms with E-state index in [4.69, 9.17) is 0 Å². The van der Waals surface area contributed by atoms with E-state index < -0.39 is 15.6 Å². The smallest absolute Gasteiger partial charge is 0.212 e. The minimum atomic E-state index is -3.30. The molecule has 0 aromatic heterocycles. The monoisotopic (exact) mass is 277 g/mol. The highest BCUT2D eigenvalue weighted by Crippen LogP contribution is 2.31. The number of sulfonamides is 1. The Hall–Kier alpha value is -0.130. The summed E-state index contributed by atoms with van der Waals surface area (Å²) in [5.74, 6) is 0.725. The zero-order valence-electron chi connectivity index (χ0n) is 12.0. The van der Waals surface area contributed by atoms with Crippen LogP contribution in [-0.2, 0) is 10.0 Å². The number of aliphatic hydroxyl groups is 1. The first-order valence-electron chi connectivity index (χ1n) is 6.71. The molecule has 0 aromatic rings. The summed E-state index contributed by atoms with van der Waals surface area (Å²) in [5.41, 5.74) is -1.12. The van der Waals surface area contributed by atoms with Crippen LogP contribution in [0.5, 0.6) is 0 Å². The van der Waals surface area contributed by atoms with E-state index in [0.717, 1.165) is 12.8 Å². The number of hydrogen-bond acceptors (Lipinski definition) is 3. The fourth-order valence-corrected chi connectivity index (χ4v) is 4.07. The number of nitrogens with one attached hydrogen (secondary N) is 1. The number of rotatable bonds is 4. The predicted molar refractivity (Wildman–Crippen MR) is 73.8 cm³/mol. The molecule has 108 valence electrons. The molecule has 0 spiro atoms. The molecular formula is C13H27NO3S. The summed E-state index contributed by atoms with van der Waals surface area (Å²) in [6.07, 6.45) is 3.31. The summed E-state index contributed by atoms with van der Waals surface area (Å²) in [6.45, 7) is 8.00. The van der Waals surface area contributed by atoms with Crippen molar-refractivity contribution in [2.45, 2.75) is 59.0 Å². The lowest BCUT2D eigenvalue weighted by Crippen LogP contribution is -2.46. The van der Waals surface area contributed by atoms with Crippen molar-refractivity contribution in [2.75, 3.05) is 12.3 Å². The molecule has 0 unspecified atom stereocenters. The van der Waals surface area contributed by atoms with Gasteiger partial charge in [0.25, 0.3) is 0 Å². The molecule has 0 radical (unpaired) electrons. The second-order valence-corrected chi connectivity index (χ2v) is 8.85. The van der Waals surface area contributed by atoms with Crippen LogP contribution in [0.4, 0.5) is 0 Å². The van der Waals surface area contributed by atoms with Gasteiger partial charge in [-0.15, -0.1) is 0 Å². The molecule has 1 fully saturated rings. The van der Waals surface area contributed by atoms with Crippen molar-refractivity contribution in [3.63, 3.8) is 0 Å². The van der Waals surface area contributed by atoms with Gasteiger partial charge in [0.05, 0.1) is 11.4 Å². The van der Waals surface area contributed by atoms with Gasteiger partial charge in [-0.05, 0) is 37.0 Å². The molecule has 18 heavy (non-hydrogen) atoms. The molecule has 1 aliphatic rings. The van der Waals surface area contributed by atoms with E-state index in [-0.39, 0.29) is 17.7 Å². The highest BCUT2D eigenvalue weighted by Gasteiger charge is 2.33. The van der Waals surface area contributed by atoms with Gasteiger partial charge in [-0.1, -0.05) is 27.7 Å². The normalized spacial score (nSPS) is 30.4. The van der Waals surface area contributed by atoms with Crippen molar-refractivity contribution in [1.82, 2.24) is 4.72 Å². The standard InChI is InChI=1S/C13H27NO3S/c1-11-5-7-13(15,8-6-11)9-14-18(16,17)10-12(2,3)4/h11,14-15H,5-10H2,1-4H3. The highest BCUT2D eigenvalue weighted by atomic mass is 32.2. The van der Waals surface area contributed by atoms with Gasteiger partial charge in [0.1, 0.15) is 0 Å². The lowest BCUT2D eigenvalue weighted by Gasteiger charge is -2.35. The molecule has 0 aromatic carbocycles. The van der Waals surface area contributed by atoms with E-state index in [0.29, 0.717) is 18.8 Å². The second-order valence-electron chi connectivity index (χ2n) is 7.05. The molecule has 0 saturated heterocycles. The first-order chi connectivity index (χ1) is 8.02. The minimum Gasteiger partial charge on any atom is -0.389 e. The van der Waals surface area contributed by atoms with E-state index >= 15 is 0 Å². The van der Waals surface area contributed by atoms with E-state index in [1.807, 2.05) is 20.8 Å². The van der Waals surface area contributed by atoms with Crippen molar-refractivity contribution >= 4 is 10.0 Å². The Morgan fingerprint density at radius 2 is 1.78 bits per heavy atom. The van der Waals surface area contributed by atoms with Crippen molar-refractivity contribution < 1.29 is 13.5 Å². The van der Waals surface area contributed by atoms with Crippen LogP contribution in [0.1, 0.15) is 53.4 Å². The molecule has 2 N–H and O–H groups in total. The van der Waals surface area contributed by atoms with E-state index in [9.17, 15) is 13.5 Å². The molecule has 1 rings (SSSR count). The average molecular weight is 277 g/mol. The van der Waals surface area contributed by atoms with Gasteiger partial charge in [0, 0.05) is 6.54 Å². The van der Waals surface area contributed by atoms with E-state index in [1.165, 1.54) is 0 Å². The Labute approximate surface area is 111 Å². The van der Waals surface area contributed by atoms with Crippen molar-refractivity contribution in [3.05, 3.63) is 0 Å². The average Bonchev–Trinajstić information content (AvgIpc) is 2.17. The molecular weight excluding hydrogens is 250 g/mol. The van der Waals surface area contributed by atoms with Gasteiger partial charge in [0.15, 0.2) is 0 Å². The summed E-state index contributed by atoms with van der Waals surface area (Å²) in [6, 6.07) is 0. The van der Waals surface area contributed by atoms with Crippen LogP contribution in [0.25, 0.3) is 0 Å². The zero-order valence-corrected chi connectivity index (χ0v) is 12.8. The van der Waals surface area contributed by atoms with E-state index in [2.05, 4.69) is 11.6 Å². The minimum absolute atomic E-state index is 0.0898. The molecule has 0 bridgehead atoms. The van der Waals surface area contributed by atoms with Crippen LogP contribution in [0, 0.1) is 11.3 Å². The maximum Gasteiger partial charge on any atom is 0.212 e. The molecule has 1 saturated carbocycles. The Morgan fingerprint density at radius 1 is 1.28 bits per heavy atom. The van der Waals surface area contributed by atoms with Gasteiger partial charge in [0.2, 0.25) is 10.0 Å². The summed E-state index contributed by atoms with van der Waals surface area (Å²) in [4.78, 5) is 0. The summed E-state index contributed by atoms with van der Waals surface area (Å²) in [7, 11) is -3.30. The van der Waals surface area contributed by atoms with Gasteiger partial charge >= 0.3 is 0 Å². The SMILES string of the molecule is CC1CCC(O)(CNS(=O)(=O)CC(C)(C)C)CC1. The van der Waals surface area contributed by atoms with Gasteiger partial charge in [-0.2, -0.15) is 0 Å². The van der Waals surface area contributed by atoms with Crippen LogP contribution >= 0.6 is 0 Å². The van der Waals surface area contributed by atoms with Crippen molar-refractivity contribution in [1.29, 1.82) is 0 Å². The first-order valence-corrected chi connectivity index (χ1v) is 8.36. The van der Waals surface area contributed by atoms with E-state index in [1.54, 1.807) is 0 Å². The van der Waals surface area contributed by atoms with Crippen molar-refractivity contribution in [3.8, 4) is 0 Å². The molecule has 0 atom stereocenters. The lowest BCUT2D eigenvalue weighted by atomic mass is 9.80. The van der Waals surface area contributed by atoms with Gasteiger partial charge < -0.3 is 5.11 Å². The third-order valence-corrected chi connectivity index (χ3v) is 5.28. The van der Waals surface area contributed by atoms with Crippen molar-refractivity contribution in [2.24, 2.45) is 11.3 Å². The van der Waals surface area contributed by atoms with Gasteiger partial charge in [-0.25, -0.2) is 13.1 Å². The maximum absolute atomic E-state index is 11.9. The number of hydrogen-bond donors (Lipinski definition) is 2. The summed E-state index contributed by atoms with van der Waals surface area (Å²) >= 11 is 0. The molecule has 5 heteroatoms. The van der Waals surface area contributed by atoms with Crippen LogP contribution in [0.15, 0.2) is 0 Å². The molecule has 4 nitrogen and oxygen atoms in total. The van der Waals surface area contributed by atoms with Crippen LogP contribution in [0.2, 0.25) is 0 Å². The third-order valence-electron chi connectivity index (χ3n) is 3.45. The Balaban J connectivity index is 2.49. The Bertz CT molecular complexity index is 362. The zero-order chi connectivity index (χ0) is 14.0. The van der Waals surface area contributed by atoms with Crippen LogP contribution in [-0.4, -0.2) is 31.4 Å². The second kappa shape index (κ2) is 5.47. The van der Waals surface area contributed by atoms with Crippen LogP contribution in [0.3, 0.4) is 0 Å². The summed E-state index contributed by atoms with van der Waals surface area (Å²) in [5, 5.41) is 10.3. The Morgan fingerprint density at radius 3 is 2.22 bits per heavy atom. The highest BCUT2D eigenvalue weighted by molar-refractivity contribution is 7.89. The fourth-order valence-electron chi connectivity index (χ4n) is 2.34. The first kappa shape index (κ1) is 15.9. The largest absolute Gasteiger partial charge is 0.389 e. The molecule has 0 amide bonds. The molecule has 0 aliphatic heterocycles. The quantitative estimate of drug-likeness (QED) is 0.824. The topological polar surface area (TPSA) is 66.4 Å². The fraction of sp³-hybridized carbons (Fsp3) is 1.00. The van der Waals surface area contributed by atoms with Gasteiger partial charge in [-0.3, -0.25) is 0 Å².